The highest BCUT2D eigenvalue weighted by atomic mass is 35.5. The fourth-order valence-corrected chi connectivity index (χ4v) is 2.21. The highest BCUT2D eigenvalue weighted by molar-refractivity contribution is 7.80. The molecule has 0 radical (unpaired) electrons. The van der Waals surface area contributed by atoms with E-state index in [-0.39, 0.29) is 24.4 Å². The van der Waals surface area contributed by atoms with E-state index in [1.165, 1.54) is 6.07 Å². The van der Waals surface area contributed by atoms with Crippen LogP contribution in [0, 0.1) is 5.82 Å². The molecule has 0 amide bonds. The molecule has 0 bridgehead atoms. The van der Waals surface area contributed by atoms with E-state index in [9.17, 15) is 4.39 Å². The fraction of sp³-hybridized carbons (Fsp3) is 0.462. The van der Waals surface area contributed by atoms with E-state index in [1.807, 2.05) is 32.6 Å². The molecule has 19 heavy (non-hydrogen) atoms. The molecule has 0 saturated carbocycles. The van der Waals surface area contributed by atoms with E-state index in [2.05, 4.69) is 12.6 Å². The van der Waals surface area contributed by atoms with Crippen LogP contribution in [-0.4, -0.2) is 23.7 Å². The van der Waals surface area contributed by atoms with Crippen LogP contribution in [0.15, 0.2) is 17.0 Å². The lowest BCUT2D eigenvalue weighted by atomic mass is 10.1. The zero-order valence-electron chi connectivity index (χ0n) is 11.4. The predicted octanol–water partition coefficient (Wildman–Crippen LogP) is 4.09. The van der Waals surface area contributed by atoms with E-state index in [0.717, 1.165) is 0 Å². The van der Waals surface area contributed by atoms with Crippen molar-refractivity contribution in [2.45, 2.75) is 44.7 Å². The molecule has 0 heterocycles. The lowest BCUT2D eigenvalue weighted by Crippen LogP contribution is -2.37. The molecule has 0 unspecified atom stereocenters. The van der Waals surface area contributed by atoms with Gasteiger partial charge in [-0.05, 0) is 39.8 Å². The van der Waals surface area contributed by atoms with Gasteiger partial charge in [0.25, 0.3) is 6.47 Å². The predicted molar refractivity (Wildman–Crippen MR) is 80.1 cm³/mol. The van der Waals surface area contributed by atoms with E-state index in [4.69, 9.17) is 21.5 Å². The van der Waals surface area contributed by atoms with Gasteiger partial charge in [-0.3, -0.25) is 4.79 Å². The Labute approximate surface area is 123 Å². The molecule has 0 aliphatic rings. The zero-order valence-corrected chi connectivity index (χ0v) is 13.0. The first-order valence-electron chi connectivity index (χ1n) is 5.80. The molecule has 0 atom stereocenters. The Morgan fingerprint density at radius 1 is 1.32 bits per heavy atom. The maximum absolute atomic E-state index is 13.8. The lowest BCUT2D eigenvalue weighted by molar-refractivity contribution is -0.122. The molecule has 0 aromatic heterocycles. The summed E-state index contributed by atoms with van der Waals surface area (Å²) in [5.41, 5.74) is 0.555. The van der Waals surface area contributed by atoms with Crippen LogP contribution in [0.1, 0.15) is 27.7 Å². The molecule has 108 valence electrons. The number of benzene rings is 1. The van der Waals surface area contributed by atoms with Gasteiger partial charge >= 0.3 is 0 Å². The normalized spacial score (nSPS) is 10.2. The van der Waals surface area contributed by atoms with Gasteiger partial charge in [0.1, 0.15) is 5.82 Å². The molecule has 0 fully saturated rings. The topological polar surface area (TPSA) is 40.5 Å². The number of rotatable bonds is 3. The van der Waals surface area contributed by atoms with Gasteiger partial charge in [-0.15, -0.1) is 12.6 Å². The van der Waals surface area contributed by atoms with Crippen molar-refractivity contribution in [2.75, 3.05) is 4.90 Å². The molecule has 0 spiro atoms. The van der Waals surface area contributed by atoms with Crippen molar-refractivity contribution in [3.8, 4) is 0 Å². The number of nitrogens with zero attached hydrogens (tertiary/aromatic N) is 1. The minimum atomic E-state index is -0.301. The maximum Gasteiger partial charge on any atom is 0.290 e. The molecular formula is C13H19ClFNO2S. The smallest absolute Gasteiger partial charge is 0.290 e. The fourth-order valence-electron chi connectivity index (χ4n) is 1.88. The van der Waals surface area contributed by atoms with Crippen LogP contribution in [0.3, 0.4) is 0 Å². The van der Waals surface area contributed by atoms with Crippen molar-refractivity contribution in [3.63, 3.8) is 0 Å². The molecule has 1 aromatic rings. The average molecular weight is 308 g/mol. The SMILES string of the molecule is CC(C)N(c1cc(S)c(Cl)cc1F)C(C)C.O=CO. The first-order chi connectivity index (χ1) is 8.76. The van der Waals surface area contributed by atoms with Crippen molar-refractivity contribution < 1.29 is 14.3 Å². The minimum absolute atomic E-state index is 0.225. The first kappa shape index (κ1) is 18.1. The molecule has 6 heteroatoms. The molecule has 1 rings (SSSR count). The Bertz CT molecular complexity index is 419. The summed E-state index contributed by atoms with van der Waals surface area (Å²) in [6.07, 6.45) is 0. The van der Waals surface area contributed by atoms with Gasteiger partial charge in [0.2, 0.25) is 0 Å². The van der Waals surface area contributed by atoms with E-state index >= 15 is 0 Å². The third-order valence-electron chi connectivity index (χ3n) is 2.41. The molecular weight excluding hydrogens is 289 g/mol. The summed E-state index contributed by atoms with van der Waals surface area (Å²) in [4.78, 5) is 11.0. The minimum Gasteiger partial charge on any atom is -0.483 e. The standard InChI is InChI=1S/C12H17ClFNS.CH2O2/c1-7(2)15(8(3)4)11-6-12(16)9(13)5-10(11)14;2-1-3/h5-8,16H,1-4H3;1H,(H,2,3). The Morgan fingerprint density at radius 2 is 1.74 bits per heavy atom. The molecule has 0 aliphatic carbocycles. The summed E-state index contributed by atoms with van der Waals surface area (Å²) in [6.45, 7) is 7.89. The number of hydrogen-bond donors (Lipinski definition) is 2. The molecule has 1 N–H and O–H groups in total. The van der Waals surface area contributed by atoms with Crippen LogP contribution < -0.4 is 4.90 Å². The molecule has 3 nitrogen and oxygen atoms in total. The number of halogens is 2. The number of carbonyl (C=O) groups is 1. The van der Waals surface area contributed by atoms with Crippen LogP contribution in [0.25, 0.3) is 0 Å². The molecule has 0 saturated heterocycles. The molecule has 0 aliphatic heterocycles. The van der Waals surface area contributed by atoms with Crippen molar-refractivity contribution in [1.82, 2.24) is 0 Å². The van der Waals surface area contributed by atoms with Gasteiger partial charge in [0.05, 0.1) is 10.7 Å². The van der Waals surface area contributed by atoms with E-state index in [1.54, 1.807) is 6.07 Å². The van der Waals surface area contributed by atoms with E-state index < -0.39 is 0 Å². The summed E-state index contributed by atoms with van der Waals surface area (Å²) >= 11 is 10.0. The summed E-state index contributed by atoms with van der Waals surface area (Å²) in [7, 11) is 0. The van der Waals surface area contributed by atoms with Gasteiger partial charge in [-0.1, -0.05) is 11.6 Å². The zero-order chi connectivity index (χ0) is 15.2. The maximum atomic E-state index is 13.8. The quantitative estimate of drug-likeness (QED) is 0.652. The van der Waals surface area contributed by atoms with Crippen molar-refractivity contribution in [2.24, 2.45) is 0 Å². The largest absolute Gasteiger partial charge is 0.483 e. The van der Waals surface area contributed by atoms with Crippen LogP contribution >= 0.6 is 24.2 Å². The third kappa shape index (κ3) is 5.28. The van der Waals surface area contributed by atoms with Gasteiger partial charge < -0.3 is 10.0 Å². The van der Waals surface area contributed by atoms with Crippen LogP contribution in [0.5, 0.6) is 0 Å². The average Bonchev–Trinajstić information content (AvgIpc) is 2.25. The molecule has 1 aromatic carbocycles. The monoisotopic (exact) mass is 307 g/mol. The number of thiol groups is 1. The van der Waals surface area contributed by atoms with Crippen LogP contribution in [-0.2, 0) is 4.79 Å². The van der Waals surface area contributed by atoms with Gasteiger partial charge in [0.15, 0.2) is 0 Å². The second-order valence-corrected chi connectivity index (χ2v) is 5.34. The second-order valence-electron chi connectivity index (χ2n) is 4.46. The Morgan fingerprint density at radius 3 is 2.11 bits per heavy atom. The number of anilines is 1. The highest BCUT2D eigenvalue weighted by Gasteiger charge is 2.19. The third-order valence-corrected chi connectivity index (χ3v) is 3.22. The summed E-state index contributed by atoms with van der Waals surface area (Å²) in [6, 6.07) is 3.45. The lowest BCUT2D eigenvalue weighted by Gasteiger charge is -2.33. The van der Waals surface area contributed by atoms with Crippen LogP contribution in [0.2, 0.25) is 5.02 Å². The van der Waals surface area contributed by atoms with Crippen LogP contribution in [0.4, 0.5) is 10.1 Å². The first-order valence-corrected chi connectivity index (χ1v) is 6.62. The van der Waals surface area contributed by atoms with Crippen molar-refractivity contribution >= 4 is 36.4 Å². The van der Waals surface area contributed by atoms with Gasteiger partial charge in [-0.2, -0.15) is 0 Å². The van der Waals surface area contributed by atoms with Gasteiger partial charge in [0, 0.05) is 17.0 Å². The Hall–Kier alpha value is -0.940. The van der Waals surface area contributed by atoms with Gasteiger partial charge in [-0.25, -0.2) is 4.39 Å². The number of carboxylic acid groups (broad SMARTS) is 1. The number of hydrogen-bond acceptors (Lipinski definition) is 3. The summed E-state index contributed by atoms with van der Waals surface area (Å²) < 4.78 is 13.8. The Balaban J connectivity index is 0.000000982. The second kappa shape index (κ2) is 8.27. The van der Waals surface area contributed by atoms with Crippen molar-refractivity contribution in [3.05, 3.63) is 23.0 Å². The highest BCUT2D eigenvalue weighted by Crippen LogP contribution is 2.31. The Kier molecular flexibility index (Phi) is 7.87. The van der Waals surface area contributed by atoms with Crippen molar-refractivity contribution in [1.29, 1.82) is 0 Å². The summed E-state index contributed by atoms with van der Waals surface area (Å²) in [5, 5.41) is 7.23. The summed E-state index contributed by atoms with van der Waals surface area (Å²) in [5.74, 6) is -0.301. The van der Waals surface area contributed by atoms with E-state index in [0.29, 0.717) is 15.6 Å².